The number of aryl methyl sites for hydroxylation is 2. The van der Waals surface area contributed by atoms with E-state index in [1.807, 2.05) is 42.5 Å². The summed E-state index contributed by atoms with van der Waals surface area (Å²) in [6, 6.07) is 23.1. The number of aromatic nitrogens is 2. The number of nitrogens with zero attached hydrogens (tertiary/aromatic N) is 2. The maximum Gasteiger partial charge on any atom is 0.357 e. The molecule has 4 aromatic rings. The van der Waals surface area contributed by atoms with Gasteiger partial charge in [-0.3, -0.25) is 0 Å². The van der Waals surface area contributed by atoms with Crippen molar-refractivity contribution in [1.82, 2.24) is 9.78 Å². The number of methoxy groups -OCH3 is 2. The van der Waals surface area contributed by atoms with Crippen LogP contribution in [0.25, 0.3) is 28.1 Å². The first kappa shape index (κ1) is 22.0. The summed E-state index contributed by atoms with van der Waals surface area (Å²) in [4.78, 5) is 25.6. The lowest BCUT2D eigenvalue weighted by molar-refractivity contribution is 0.0549. The maximum atomic E-state index is 12.8. The Morgan fingerprint density at radius 3 is 2.06 bits per heavy atom. The van der Waals surface area contributed by atoms with Crippen LogP contribution in [0, 0.1) is 13.8 Å². The summed E-state index contributed by atoms with van der Waals surface area (Å²) in [6.07, 6.45) is 0. The molecule has 1 aromatic heterocycles. The van der Waals surface area contributed by atoms with Crippen LogP contribution in [-0.2, 0) is 9.47 Å². The number of rotatable bonds is 5. The third-order valence-corrected chi connectivity index (χ3v) is 5.63. The molecule has 0 N–H and O–H groups in total. The smallest absolute Gasteiger partial charge is 0.357 e. The van der Waals surface area contributed by atoms with Crippen molar-refractivity contribution in [3.8, 4) is 28.1 Å². The van der Waals surface area contributed by atoms with Crippen molar-refractivity contribution < 1.29 is 19.1 Å². The van der Waals surface area contributed by atoms with Crippen molar-refractivity contribution >= 4 is 11.9 Å². The number of carbonyl (C=O) groups is 2. The molecule has 0 atom stereocenters. The number of benzene rings is 3. The zero-order valence-corrected chi connectivity index (χ0v) is 19.0. The second kappa shape index (κ2) is 9.12. The lowest BCUT2D eigenvalue weighted by Crippen LogP contribution is -2.15. The van der Waals surface area contributed by atoms with Gasteiger partial charge in [-0.2, -0.15) is 5.10 Å². The first-order chi connectivity index (χ1) is 15.9. The molecule has 6 heteroatoms. The van der Waals surface area contributed by atoms with Gasteiger partial charge in [0.25, 0.3) is 0 Å². The Labute approximate surface area is 192 Å². The zero-order valence-electron chi connectivity index (χ0n) is 19.0. The summed E-state index contributed by atoms with van der Waals surface area (Å²) in [6.45, 7) is 4.14. The van der Waals surface area contributed by atoms with Crippen LogP contribution in [0.15, 0.2) is 72.8 Å². The van der Waals surface area contributed by atoms with E-state index in [0.29, 0.717) is 16.9 Å². The normalized spacial score (nSPS) is 10.7. The van der Waals surface area contributed by atoms with Gasteiger partial charge in [-0.05, 0) is 54.3 Å². The van der Waals surface area contributed by atoms with E-state index in [0.717, 1.165) is 11.1 Å². The van der Waals surface area contributed by atoms with Crippen molar-refractivity contribution in [2.75, 3.05) is 14.2 Å². The van der Waals surface area contributed by atoms with Gasteiger partial charge < -0.3 is 9.47 Å². The standard InChI is InChI=1S/C27H24N2O4/c1-17-13-14-20(15-18(17)2)19-9-8-10-21(16-19)24-23(26(30)32-3)25(27(31)33-4)29(28-24)22-11-6-5-7-12-22/h5-16H,1-4H3. The van der Waals surface area contributed by atoms with E-state index < -0.39 is 11.9 Å². The Kier molecular flexibility index (Phi) is 6.09. The van der Waals surface area contributed by atoms with Gasteiger partial charge in [0.15, 0.2) is 5.69 Å². The van der Waals surface area contributed by atoms with Gasteiger partial charge >= 0.3 is 11.9 Å². The van der Waals surface area contributed by atoms with Gasteiger partial charge in [-0.15, -0.1) is 0 Å². The summed E-state index contributed by atoms with van der Waals surface area (Å²) in [5.74, 6) is -1.34. The van der Waals surface area contributed by atoms with Gasteiger partial charge in [-0.1, -0.05) is 54.6 Å². The van der Waals surface area contributed by atoms with E-state index in [1.165, 1.54) is 30.0 Å². The fourth-order valence-corrected chi connectivity index (χ4v) is 3.72. The highest BCUT2D eigenvalue weighted by Crippen LogP contribution is 2.32. The van der Waals surface area contributed by atoms with Crippen LogP contribution in [0.4, 0.5) is 0 Å². The number of esters is 2. The minimum Gasteiger partial charge on any atom is -0.465 e. The zero-order chi connectivity index (χ0) is 23.5. The number of ether oxygens (including phenoxy) is 2. The Morgan fingerprint density at radius 1 is 0.727 bits per heavy atom. The highest BCUT2D eigenvalue weighted by atomic mass is 16.5. The van der Waals surface area contributed by atoms with E-state index >= 15 is 0 Å². The largest absolute Gasteiger partial charge is 0.465 e. The van der Waals surface area contributed by atoms with Crippen molar-refractivity contribution in [2.24, 2.45) is 0 Å². The van der Waals surface area contributed by atoms with Crippen molar-refractivity contribution in [3.05, 3.63) is 95.2 Å². The first-order valence-electron chi connectivity index (χ1n) is 10.5. The average molecular weight is 440 g/mol. The van der Waals surface area contributed by atoms with Crippen molar-refractivity contribution in [1.29, 1.82) is 0 Å². The molecule has 0 radical (unpaired) electrons. The SMILES string of the molecule is COC(=O)c1c(-c2cccc(-c3ccc(C)c(C)c3)c2)nn(-c2ccccc2)c1C(=O)OC. The molecule has 0 saturated carbocycles. The van der Waals surface area contributed by atoms with Gasteiger partial charge in [0, 0.05) is 5.56 Å². The molecule has 0 amide bonds. The third kappa shape index (κ3) is 4.15. The summed E-state index contributed by atoms with van der Waals surface area (Å²) in [5.41, 5.74) is 6.16. The molecule has 0 bridgehead atoms. The van der Waals surface area contributed by atoms with E-state index in [9.17, 15) is 9.59 Å². The molecule has 6 nitrogen and oxygen atoms in total. The maximum absolute atomic E-state index is 12.8. The molecule has 0 unspecified atom stereocenters. The molecule has 0 aliphatic heterocycles. The Balaban J connectivity index is 1.96. The third-order valence-electron chi connectivity index (χ3n) is 5.63. The Morgan fingerprint density at radius 2 is 1.39 bits per heavy atom. The quantitative estimate of drug-likeness (QED) is 0.389. The molecular weight excluding hydrogens is 416 g/mol. The topological polar surface area (TPSA) is 70.4 Å². The van der Waals surface area contributed by atoms with Crippen LogP contribution in [0.2, 0.25) is 0 Å². The van der Waals surface area contributed by atoms with Crippen LogP contribution < -0.4 is 0 Å². The molecule has 1 heterocycles. The molecule has 0 aliphatic rings. The minimum absolute atomic E-state index is 0.0159. The lowest BCUT2D eigenvalue weighted by atomic mass is 9.97. The van der Waals surface area contributed by atoms with E-state index in [1.54, 1.807) is 12.1 Å². The van der Waals surface area contributed by atoms with Crippen LogP contribution >= 0.6 is 0 Å². The molecule has 0 saturated heterocycles. The van der Waals surface area contributed by atoms with Crippen LogP contribution in [-0.4, -0.2) is 35.9 Å². The second-order valence-electron chi connectivity index (χ2n) is 7.68. The minimum atomic E-state index is -0.677. The monoisotopic (exact) mass is 440 g/mol. The molecule has 0 aliphatic carbocycles. The van der Waals surface area contributed by atoms with Gasteiger partial charge in [-0.25, -0.2) is 14.3 Å². The molecule has 3 aromatic carbocycles. The fourth-order valence-electron chi connectivity index (χ4n) is 3.72. The summed E-state index contributed by atoms with van der Waals surface area (Å²) in [5, 5.41) is 4.67. The van der Waals surface area contributed by atoms with E-state index in [-0.39, 0.29) is 11.3 Å². The average Bonchev–Trinajstić information content (AvgIpc) is 3.26. The number of hydrogen-bond donors (Lipinski definition) is 0. The second-order valence-corrected chi connectivity index (χ2v) is 7.68. The van der Waals surface area contributed by atoms with Gasteiger partial charge in [0.05, 0.1) is 19.9 Å². The molecule has 166 valence electrons. The highest BCUT2D eigenvalue weighted by molar-refractivity contribution is 6.07. The first-order valence-corrected chi connectivity index (χ1v) is 10.5. The van der Waals surface area contributed by atoms with Crippen LogP contribution in [0.3, 0.4) is 0 Å². The lowest BCUT2D eigenvalue weighted by Gasteiger charge is -2.08. The molecule has 0 spiro atoms. The predicted octanol–water partition coefficient (Wildman–Crippen LogP) is 5.40. The summed E-state index contributed by atoms with van der Waals surface area (Å²) >= 11 is 0. The summed E-state index contributed by atoms with van der Waals surface area (Å²) in [7, 11) is 2.55. The highest BCUT2D eigenvalue weighted by Gasteiger charge is 2.31. The fraction of sp³-hybridized carbons (Fsp3) is 0.148. The molecular formula is C27H24N2O4. The molecule has 0 fully saturated rings. The Bertz CT molecular complexity index is 1340. The van der Waals surface area contributed by atoms with Crippen molar-refractivity contribution in [3.63, 3.8) is 0 Å². The van der Waals surface area contributed by atoms with Crippen molar-refractivity contribution in [2.45, 2.75) is 13.8 Å². The number of para-hydroxylation sites is 1. The molecule has 4 rings (SSSR count). The summed E-state index contributed by atoms with van der Waals surface area (Å²) < 4.78 is 11.4. The molecule has 33 heavy (non-hydrogen) atoms. The Hall–Kier alpha value is -4.19. The van der Waals surface area contributed by atoms with Gasteiger partial charge in [0.1, 0.15) is 11.3 Å². The number of hydrogen-bond acceptors (Lipinski definition) is 5. The van der Waals surface area contributed by atoms with Crippen LogP contribution in [0.5, 0.6) is 0 Å². The van der Waals surface area contributed by atoms with E-state index in [4.69, 9.17) is 9.47 Å². The van der Waals surface area contributed by atoms with Gasteiger partial charge in [0.2, 0.25) is 0 Å². The number of carbonyl (C=O) groups excluding carboxylic acids is 2. The predicted molar refractivity (Wildman–Crippen MR) is 127 cm³/mol. The van der Waals surface area contributed by atoms with Crippen LogP contribution in [0.1, 0.15) is 32.0 Å². The van der Waals surface area contributed by atoms with E-state index in [2.05, 4.69) is 37.1 Å².